The van der Waals surface area contributed by atoms with Crippen molar-refractivity contribution in [1.82, 2.24) is 0 Å². The van der Waals surface area contributed by atoms with Crippen molar-refractivity contribution in [3.63, 3.8) is 0 Å². The summed E-state index contributed by atoms with van der Waals surface area (Å²) in [4.78, 5) is 41.8. The van der Waals surface area contributed by atoms with Gasteiger partial charge in [-0.05, 0) is 49.9 Å². The van der Waals surface area contributed by atoms with Crippen LogP contribution in [0, 0.1) is 24.0 Å². The van der Waals surface area contributed by atoms with E-state index in [4.69, 9.17) is 0 Å². The van der Waals surface area contributed by atoms with Gasteiger partial charge in [0.2, 0.25) is 0 Å². The molecule has 1 saturated heterocycles. The third-order valence-electron chi connectivity index (χ3n) is 6.20. The molecule has 0 saturated carbocycles. The Morgan fingerprint density at radius 3 is 2.35 bits per heavy atom. The van der Waals surface area contributed by atoms with Crippen LogP contribution in [0.1, 0.15) is 44.7 Å². The van der Waals surface area contributed by atoms with Crippen LogP contribution in [0.5, 0.6) is 0 Å². The fourth-order valence-electron chi connectivity index (χ4n) is 4.73. The summed E-state index contributed by atoms with van der Waals surface area (Å²) in [5.41, 5.74) is 3.20. The SMILES string of the molecule is Cc1ccc(C)c(N2C(=O)c3cccc4c(N5CCCC5)c([N+](=O)[O-])cc(c34)C2=O)c1. The monoisotopic (exact) mass is 415 g/mol. The number of benzene rings is 3. The normalized spacial score (nSPS) is 15.8. The highest BCUT2D eigenvalue weighted by atomic mass is 16.6. The lowest BCUT2D eigenvalue weighted by Gasteiger charge is -2.30. The first-order valence-corrected chi connectivity index (χ1v) is 10.3. The Kier molecular flexibility index (Phi) is 4.28. The van der Waals surface area contributed by atoms with Crippen LogP contribution in [0.15, 0.2) is 42.5 Å². The summed E-state index contributed by atoms with van der Waals surface area (Å²) in [5.74, 6) is -0.934. The van der Waals surface area contributed by atoms with E-state index in [0.717, 1.165) is 42.0 Å². The second-order valence-electron chi connectivity index (χ2n) is 8.21. The molecular weight excluding hydrogens is 394 g/mol. The topological polar surface area (TPSA) is 83.8 Å². The van der Waals surface area contributed by atoms with Crippen LogP contribution in [0.4, 0.5) is 17.1 Å². The van der Waals surface area contributed by atoms with E-state index in [-0.39, 0.29) is 11.3 Å². The molecule has 2 aliphatic rings. The highest BCUT2D eigenvalue weighted by molar-refractivity contribution is 6.37. The van der Waals surface area contributed by atoms with Gasteiger partial charge in [-0.25, -0.2) is 4.90 Å². The number of hydrogen-bond donors (Lipinski definition) is 0. The Bertz CT molecular complexity index is 1290. The number of nitro groups is 1. The largest absolute Gasteiger partial charge is 0.365 e. The molecule has 0 unspecified atom stereocenters. The van der Waals surface area contributed by atoms with Gasteiger partial charge < -0.3 is 4.90 Å². The van der Waals surface area contributed by atoms with Gasteiger partial charge in [-0.15, -0.1) is 0 Å². The van der Waals surface area contributed by atoms with Crippen LogP contribution in [0.3, 0.4) is 0 Å². The average Bonchev–Trinajstić information content (AvgIpc) is 3.28. The van der Waals surface area contributed by atoms with E-state index in [9.17, 15) is 19.7 Å². The second-order valence-corrected chi connectivity index (χ2v) is 8.21. The molecule has 2 aliphatic heterocycles. The van der Waals surface area contributed by atoms with Gasteiger partial charge in [-0.2, -0.15) is 0 Å². The van der Waals surface area contributed by atoms with E-state index in [1.807, 2.05) is 30.9 Å². The predicted molar refractivity (Wildman–Crippen MR) is 119 cm³/mol. The van der Waals surface area contributed by atoms with Crippen LogP contribution in [0.25, 0.3) is 10.8 Å². The average molecular weight is 415 g/mol. The number of amides is 2. The third-order valence-corrected chi connectivity index (χ3v) is 6.20. The molecule has 0 aliphatic carbocycles. The number of rotatable bonds is 3. The maximum atomic E-state index is 13.6. The molecule has 156 valence electrons. The van der Waals surface area contributed by atoms with Crippen molar-refractivity contribution >= 4 is 39.6 Å². The first-order valence-electron chi connectivity index (χ1n) is 10.3. The summed E-state index contributed by atoms with van der Waals surface area (Å²) in [6, 6.07) is 12.1. The van der Waals surface area contributed by atoms with Crippen molar-refractivity contribution in [1.29, 1.82) is 0 Å². The summed E-state index contributed by atoms with van der Waals surface area (Å²) in [5, 5.41) is 13.1. The number of carbonyl (C=O) groups is 2. The van der Waals surface area contributed by atoms with Gasteiger partial charge in [-0.3, -0.25) is 19.7 Å². The maximum absolute atomic E-state index is 13.6. The Hall–Kier alpha value is -3.74. The van der Waals surface area contributed by atoms with Crippen molar-refractivity contribution in [2.24, 2.45) is 0 Å². The molecule has 0 radical (unpaired) electrons. The van der Waals surface area contributed by atoms with Crippen molar-refractivity contribution in [3.8, 4) is 0 Å². The van der Waals surface area contributed by atoms with Crippen molar-refractivity contribution < 1.29 is 14.5 Å². The molecule has 0 aromatic heterocycles. The Labute approximate surface area is 179 Å². The molecular formula is C24H21N3O4. The molecule has 3 aromatic rings. The van der Waals surface area contributed by atoms with Crippen LogP contribution in [0.2, 0.25) is 0 Å². The molecule has 1 fully saturated rings. The minimum absolute atomic E-state index is 0.0924. The maximum Gasteiger partial charge on any atom is 0.293 e. The fourth-order valence-corrected chi connectivity index (χ4v) is 4.73. The first kappa shape index (κ1) is 19.2. The van der Waals surface area contributed by atoms with E-state index in [0.29, 0.717) is 27.7 Å². The summed E-state index contributed by atoms with van der Waals surface area (Å²) in [7, 11) is 0. The summed E-state index contributed by atoms with van der Waals surface area (Å²) >= 11 is 0. The first-order chi connectivity index (χ1) is 14.9. The number of anilines is 2. The van der Waals surface area contributed by atoms with Crippen molar-refractivity contribution in [2.75, 3.05) is 22.9 Å². The zero-order valence-electron chi connectivity index (χ0n) is 17.3. The molecule has 7 heteroatoms. The molecule has 31 heavy (non-hydrogen) atoms. The van der Waals surface area contributed by atoms with Crippen LogP contribution < -0.4 is 9.80 Å². The van der Waals surface area contributed by atoms with Crippen LogP contribution in [-0.2, 0) is 0 Å². The molecule has 0 N–H and O–H groups in total. The van der Waals surface area contributed by atoms with Gasteiger partial charge in [0, 0.05) is 35.5 Å². The highest BCUT2D eigenvalue weighted by Gasteiger charge is 2.38. The van der Waals surface area contributed by atoms with Crippen LogP contribution in [-0.4, -0.2) is 29.8 Å². The van der Waals surface area contributed by atoms with E-state index < -0.39 is 16.7 Å². The number of imide groups is 1. The Morgan fingerprint density at radius 2 is 1.65 bits per heavy atom. The Morgan fingerprint density at radius 1 is 0.935 bits per heavy atom. The number of nitrogens with zero attached hydrogens (tertiary/aromatic N) is 3. The summed E-state index contributed by atoms with van der Waals surface area (Å²) in [6.07, 6.45) is 1.91. The van der Waals surface area contributed by atoms with Gasteiger partial charge in [0.25, 0.3) is 17.5 Å². The number of aryl methyl sites for hydroxylation is 2. The van der Waals surface area contributed by atoms with Gasteiger partial charge in [0.15, 0.2) is 0 Å². The zero-order valence-corrected chi connectivity index (χ0v) is 17.3. The van der Waals surface area contributed by atoms with E-state index in [2.05, 4.69) is 0 Å². The van der Waals surface area contributed by atoms with Gasteiger partial charge in [0.05, 0.1) is 16.2 Å². The molecule has 5 rings (SSSR count). The number of carbonyl (C=O) groups excluding carboxylic acids is 2. The summed E-state index contributed by atoms with van der Waals surface area (Å²) < 4.78 is 0. The molecule has 3 aromatic carbocycles. The van der Waals surface area contributed by atoms with E-state index in [1.54, 1.807) is 24.3 Å². The molecule has 0 spiro atoms. The lowest BCUT2D eigenvalue weighted by molar-refractivity contribution is -0.384. The quantitative estimate of drug-likeness (QED) is 0.350. The Balaban J connectivity index is 1.81. The van der Waals surface area contributed by atoms with Gasteiger partial charge >= 0.3 is 0 Å². The molecule has 0 bridgehead atoms. The summed E-state index contributed by atoms with van der Waals surface area (Å²) in [6.45, 7) is 5.17. The zero-order chi connectivity index (χ0) is 21.9. The molecule has 7 nitrogen and oxygen atoms in total. The minimum atomic E-state index is -0.529. The molecule has 0 atom stereocenters. The highest BCUT2D eigenvalue weighted by Crippen LogP contribution is 2.44. The molecule has 2 amide bonds. The van der Waals surface area contributed by atoms with E-state index >= 15 is 0 Å². The number of nitro benzene ring substituents is 1. The van der Waals surface area contributed by atoms with Gasteiger partial charge in [-0.1, -0.05) is 24.3 Å². The predicted octanol–water partition coefficient (Wildman–Crippen LogP) is 4.77. The lowest BCUT2D eigenvalue weighted by atomic mass is 9.91. The molecule has 2 heterocycles. The third kappa shape index (κ3) is 2.80. The lowest BCUT2D eigenvalue weighted by Crippen LogP contribution is -2.41. The van der Waals surface area contributed by atoms with Crippen LogP contribution >= 0.6 is 0 Å². The second kappa shape index (κ2) is 6.91. The fraction of sp³-hybridized carbons (Fsp3) is 0.250. The van der Waals surface area contributed by atoms with Crippen molar-refractivity contribution in [3.05, 3.63) is 74.8 Å². The van der Waals surface area contributed by atoms with Gasteiger partial charge in [0.1, 0.15) is 5.69 Å². The van der Waals surface area contributed by atoms with E-state index in [1.165, 1.54) is 6.07 Å². The smallest absolute Gasteiger partial charge is 0.293 e. The number of hydrogen-bond acceptors (Lipinski definition) is 5. The standard InChI is InChI=1S/C24H21N3O4/c1-14-8-9-15(2)19(12-14)26-23(28)17-7-5-6-16-21(17)18(24(26)29)13-20(27(30)31)22(16)25-10-3-4-11-25/h5-9,12-13H,3-4,10-11H2,1-2H3. The van der Waals surface area contributed by atoms with Crippen molar-refractivity contribution in [2.45, 2.75) is 26.7 Å². The minimum Gasteiger partial charge on any atom is -0.365 e.